The number of hydrogen-bond donors (Lipinski definition) is 1. The molecule has 1 unspecified atom stereocenters. The minimum atomic E-state index is -0.540. The summed E-state index contributed by atoms with van der Waals surface area (Å²) in [5, 5.41) is 2.86. The van der Waals surface area contributed by atoms with E-state index in [9.17, 15) is 14.4 Å². The predicted octanol–water partition coefficient (Wildman–Crippen LogP) is 4.90. The van der Waals surface area contributed by atoms with E-state index in [1.54, 1.807) is 29.2 Å². The van der Waals surface area contributed by atoms with Crippen LogP contribution in [0, 0.1) is 5.92 Å². The van der Waals surface area contributed by atoms with Crippen LogP contribution >= 0.6 is 11.8 Å². The van der Waals surface area contributed by atoms with Crippen LogP contribution < -0.4 is 10.1 Å². The lowest BCUT2D eigenvalue weighted by atomic mass is 10.1. The molecule has 0 saturated carbocycles. The van der Waals surface area contributed by atoms with Gasteiger partial charge in [0.2, 0.25) is 11.8 Å². The van der Waals surface area contributed by atoms with Crippen molar-refractivity contribution in [3.63, 3.8) is 0 Å². The van der Waals surface area contributed by atoms with E-state index in [1.165, 1.54) is 18.7 Å². The quantitative estimate of drug-likeness (QED) is 0.530. The highest BCUT2D eigenvalue weighted by molar-refractivity contribution is 8.15. The molecule has 3 rings (SSSR count). The second-order valence-electron chi connectivity index (χ2n) is 8.16. The Morgan fingerprint density at radius 1 is 1.12 bits per heavy atom. The van der Waals surface area contributed by atoms with Crippen LogP contribution in [-0.2, 0) is 9.59 Å². The zero-order valence-corrected chi connectivity index (χ0v) is 20.1. The van der Waals surface area contributed by atoms with Crippen LogP contribution in [0.5, 0.6) is 5.75 Å². The van der Waals surface area contributed by atoms with Crippen LogP contribution in [0.2, 0.25) is 0 Å². The van der Waals surface area contributed by atoms with Crippen LogP contribution in [0.1, 0.15) is 44.5 Å². The minimum Gasteiger partial charge on any atom is -0.494 e. The maximum atomic E-state index is 13.1. The van der Waals surface area contributed by atoms with Crippen LogP contribution in [0.4, 0.5) is 11.4 Å². The molecular weight excluding hydrogens is 438 g/mol. The van der Waals surface area contributed by atoms with Gasteiger partial charge in [0, 0.05) is 24.2 Å². The summed E-state index contributed by atoms with van der Waals surface area (Å²) in [6.45, 7) is 8.62. The number of amides is 2. The second kappa shape index (κ2) is 11.1. The first-order valence-electron chi connectivity index (χ1n) is 11.0. The van der Waals surface area contributed by atoms with E-state index >= 15 is 0 Å². The molecule has 1 saturated heterocycles. The first kappa shape index (κ1) is 24.5. The van der Waals surface area contributed by atoms with Gasteiger partial charge in [0.15, 0.2) is 11.0 Å². The summed E-state index contributed by atoms with van der Waals surface area (Å²) in [5.74, 6) is 0.614. The van der Waals surface area contributed by atoms with E-state index in [-0.39, 0.29) is 29.9 Å². The van der Waals surface area contributed by atoms with Crippen molar-refractivity contribution in [3.8, 4) is 5.75 Å². The van der Waals surface area contributed by atoms with E-state index in [4.69, 9.17) is 4.74 Å². The maximum Gasteiger partial charge on any atom is 0.242 e. The zero-order chi connectivity index (χ0) is 24.0. The Labute approximate surface area is 198 Å². The highest BCUT2D eigenvalue weighted by Crippen LogP contribution is 2.33. The topological polar surface area (TPSA) is 88.1 Å². The van der Waals surface area contributed by atoms with Gasteiger partial charge in [0.1, 0.15) is 11.0 Å². The maximum absolute atomic E-state index is 13.1. The Morgan fingerprint density at radius 3 is 2.36 bits per heavy atom. The van der Waals surface area contributed by atoms with Crippen molar-refractivity contribution in [1.82, 2.24) is 4.90 Å². The number of rotatable bonds is 9. The molecule has 33 heavy (non-hydrogen) atoms. The molecule has 2 aromatic rings. The van der Waals surface area contributed by atoms with Gasteiger partial charge in [0.05, 0.1) is 12.3 Å². The van der Waals surface area contributed by atoms with Crippen molar-refractivity contribution in [2.45, 2.75) is 39.4 Å². The molecule has 0 aliphatic carbocycles. The fraction of sp³-hybridized carbons (Fsp3) is 0.360. The third-order valence-corrected chi connectivity index (χ3v) is 6.06. The van der Waals surface area contributed by atoms with Crippen LogP contribution in [0.15, 0.2) is 53.5 Å². The Bertz CT molecular complexity index is 1030. The lowest BCUT2D eigenvalue weighted by molar-refractivity contribution is -0.128. The SMILES string of the molecule is CCOc1ccc(N=C2SC(CC(=O)Nc3ccc(C(C)=O)cc3)C(=O)N2CC(C)C)cc1. The van der Waals surface area contributed by atoms with Crippen LogP contribution in [0.3, 0.4) is 0 Å². The van der Waals surface area contributed by atoms with Crippen molar-refractivity contribution < 1.29 is 19.1 Å². The molecule has 2 amide bonds. The fourth-order valence-electron chi connectivity index (χ4n) is 3.32. The molecule has 8 heteroatoms. The van der Waals surface area contributed by atoms with E-state index in [0.29, 0.717) is 29.6 Å². The number of anilines is 1. The molecule has 0 aromatic heterocycles. The normalized spacial score (nSPS) is 17.0. The van der Waals surface area contributed by atoms with Crippen molar-refractivity contribution >= 4 is 45.9 Å². The van der Waals surface area contributed by atoms with Gasteiger partial charge in [-0.2, -0.15) is 0 Å². The van der Waals surface area contributed by atoms with Crippen molar-refractivity contribution in [1.29, 1.82) is 0 Å². The molecule has 1 aliphatic rings. The Kier molecular flexibility index (Phi) is 8.27. The number of hydrogen-bond acceptors (Lipinski definition) is 6. The van der Waals surface area contributed by atoms with Gasteiger partial charge in [-0.15, -0.1) is 0 Å². The standard InChI is InChI=1S/C25H29N3O4S/c1-5-32-21-12-10-20(11-13-21)27-25-28(15-16(2)3)24(31)22(33-25)14-23(30)26-19-8-6-18(7-9-19)17(4)29/h6-13,16,22H,5,14-15H2,1-4H3,(H,26,30). The van der Waals surface area contributed by atoms with Gasteiger partial charge in [-0.3, -0.25) is 19.3 Å². The van der Waals surface area contributed by atoms with E-state index < -0.39 is 5.25 Å². The molecule has 1 atom stereocenters. The summed E-state index contributed by atoms with van der Waals surface area (Å²) in [6, 6.07) is 14.1. The molecule has 0 spiro atoms. The van der Waals surface area contributed by atoms with Crippen molar-refractivity contribution in [2.24, 2.45) is 10.9 Å². The third kappa shape index (κ3) is 6.68. The Morgan fingerprint density at radius 2 is 1.79 bits per heavy atom. The number of Topliss-reactive ketones (excluding diaryl/α,β-unsaturated/α-hetero) is 1. The second-order valence-corrected chi connectivity index (χ2v) is 9.33. The van der Waals surface area contributed by atoms with Gasteiger partial charge < -0.3 is 10.1 Å². The molecular formula is C25H29N3O4S. The smallest absolute Gasteiger partial charge is 0.242 e. The molecule has 7 nitrogen and oxygen atoms in total. The number of ketones is 1. The number of thioether (sulfide) groups is 1. The molecule has 0 bridgehead atoms. The van der Waals surface area contributed by atoms with Gasteiger partial charge in [-0.05, 0) is 68.3 Å². The average Bonchev–Trinajstić information content (AvgIpc) is 3.04. The number of amidine groups is 1. The first-order chi connectivity index (χ1) is 15.8. The number of carbonyl (C=O) groups excluding carboxylic acids is 3. The van der Waals surface area contributed by atoms with E-state index in [1.807, 2.05) is 45.0 Å². The molecule has 1 heterocycles. The summed E-state index contributed by atoms with van der Waals surface area (Å²) in [4.78, 5) is 43.4. The summed E-state index contributed by atoms with van der Waals surface area (Å²) in [7, 11) is 0. The summed E-state index contributed by atoms with van der Waals surface area (Å²) < 4.78 is 5.47. The van der Waals surface area contributed by atoms with Crippen molar-refractivity contribution in [3.05, 3.63) is 54.1 Å². The molecule has 0 radical (unpaired) electrons. The first-order valence-corrected chi connectivity index (χ1v) is 11.8. The molecule has 174 valence electrons. The van der Waals surface area contributed by atoms with Gasteiger partial charge in [-0.1, -0.05) is 25.6 Å². The number of nitrogens with one attached hydrogen (secondary N) is 1. The molecule has 2 aromatic carbocycles. The highest BCUT2D eigenvalue weighted by Gasteiger charge is 2.39. The summed E-state index contributed by atoms with van der Waals surface area (Å²) in [5.41, 5.74) is 1.88. The number of benzene rings is 2. The fourth-order valence-corrected chi connectivity index (χ4v) is 4.49. The molecule has 1 N–H and O–H groups in total. The van der Waals surface area contributed by atoms with Crippen LogP contribution in [-0.4, -0.2) is 46.1 Å². The average molecular weight is 468 g/mol. The van der Waals surface area contributed by atoms with E-state index in [2.05, 4.69) is 10.3 Å². The monoisotopic (exact) mass is 467 g/mol. The summed E-state index contributed by atoms with van der Waals surface area (Å²) in [6.07, 6.45) is 0.0366. The number of aliphatic imine (C=N–C) groups is 1. The molecule has 1 fully saturated rings. The predicted molar refractivity (Wildman–Crippen MR) is 132 cm³/mol. The Hall–Kier alpha value is -3.13. The van der Waals surface area contributed by atoms with Crippen LogP contribution in [0.25, 0.3) is 0 Å². The zero-order valence-electron chi connectivity index (χ0n) is 19.3. The van der Waals surface area contributed by atoms with Gasteiger partial charge >= 0.3 is 0 Å². The number of nitrogens with zero attached hydrogens (tertiary/aromatic N) is 2. The largest absolute Gasteiger partial charge is 0.494 e. The number of ether oxygens (including phenoxy) is 1. The summed E-state index contributed by atoms with van der Waals surface area (Å²) >= 11 is 1.31. The van der Waals surface area contributed by atoms with Crippen molar-refractivity contribution in [2.75, 3.05) is 18.5 Å². The van der Waals surface area contributed by atoms with Gasteiger partial charge in [0.25, 0.3) is 0 Å². The lowest BCUT2D eigenvalue weighted by Crippen LogP contribution is -2.36. The minimum absolute atomic E-state index is 0.0366. The lowest BCUT2D eigenvalue weighted by Gasteiger charge is -2.18. The highest BCUT2D eigenvalue weighted by atomic mass is 32.2. The molecule has 1 aliphatic heterocycles. The third-order valence-electron chi connectivity index (χ3n) is 4.89. The number of carbonyl (C=O) groups is 3. The van der Waals surface area contributed by atoms with E-state index in [0.717, 1.165) is 11.4 Å². The Balaban J connectivity index is 1.71. The van der Waals surface area contributed by atoms with Gasteiger partial charge in [-0.25, -0.2) is 4.99 Å².